The van der Waals surface area contributed by atoms with Gasteiger partial charge in [0.1, 0.15) is 6.07 Å². The van der Waals surface area contributed by atoms with Crippen LogP contribution in [0.15, 0.2) is 0 Å². The highest BCUT2D eigenvalue weighted by Crippen LogP contribution is 2.21. The summed E-state index contributed by atoms with van der Waals surface area (Å²) in [4.78, 5) is 3.87. The number of hydrogen-bond donors (Lipinski definition) is 0. The third kappa shape index (κ3) is 1.07. The van der Waals surface area contributed by atoms with Crippen LogP contribution in [0.2, 0.25) is 0 Å². The third-order valence-electron chi connectivity index (χ3n) is 1.48. The number of ether oxygens (including phenoxy) is 2. The van der Waals surface area contributed by atoms with E-state index in [4.69, 9.17) is 14.7 Å². The number of nitriles is 1. The van der Waals surface area contributed by atoms with Crippen molar-refractivity contribution in [3.05, 3.63) is 5.69 Å². The summed E-state index contributed by atoms with van der Waals surface area (Å²) in [5.74, 6) is 0.411. The first-order chi connectivity index (χ1) is 5.74. The summed E-state index contributed by atoms with van der Waals surface area (Å²) in [7, 11) is 4.69. The van der Waals surface area contributed by atoms with Crippen LogP contribution in [0, 0.1) is 11.3 Å². The van der Waals surface area contributed by atoms with Crippen molar-refractivity contribution in [2.45, 2.75) is 0 Å². The van der Waals surface area contributed by atoms with Crippen molar-refractivity contribution in [2.24, 2.45) is 7.05 Å². The van der Waals surface area contributed by atoms with Gasteiger partial charge in [-0.1, -0.05) is 0 Å². The SMILES string of the molecule is COc1nc(C#N)c(OC)n1C. The molecule has 64 valence electrons. The molecule has 1 aromatic rings. The monoisotopic (exact) mass is 167 g/mol. The predicted molar refractivity (Wildman–Crippen MR) is 41.0 cm³/mol. The van der Waals surface area contributed by atoms with Gasteiger partial charge in [-0.2, -0.15) is 10.2 Å². The Hall–Kier alpha value is -1.70. The van der Waals surface area contributed by atoms with Gasteiger partial charge in [-0.05, 0) is 0 Å². The molecule has 0 atom stereocenters. The average molecular weight is 167 g/mol. The molecule has 0 radical (unpaired) electrons. The van der Waals surface area contributed by atoms with Gasteiger partial charge in [0, 0.05) is 7.05 Å². The molecule has 0 saturated carbocycles. The van der Waals surface area contributed by atoms with E-state index < -0.39 is 0 Å². The van der Waals surface area contributed by atoms with Crippen molar-refractivity contribution < 1.29 is 9.47 Å². The lowest BCUT2D eigenvalue weighted by Gasteiger charge is -2.01. The highest BCUT2D eigenvalue weighted by atomic mass is 16.5. The number of aromatic nitrogens is 2. The topological polar surface area (TPSA) is 60.1 Å². The first kappa shape index (κ1) is 8.40. The minimum atomic E-state index is 0.233. The minimum absolute atomic E-state index is 0.233. The van der Waals surface area contributed by atoms with Gasteiger partial charge in [0.15, 0.2) is 0 Å². The summed E-state index contributed by atoms with van der Waals surface area (Å²) < 4.78 is 11.4. The second kappa shape index (κ2) is 3.13. The quantitative estimate of drug-likeness (QED) is 0.636. The second-order valence-corrected chi connectivity index (χ2v) is 2.13. The van der Waals surface area contributed by atoms with E-state index >= 15 is 0 Å². The lowest BCUT2D eigenvalue weighted by Crippen LogP contribution is -1.97. The van der Waals surface area contributed by atoms with Gasteiger partial charge in [0.25, 0.3) is 6.01 Å². The minimum Gasteiger partial charge on any atom is -0.480 e. The molecule has 0 saturated heterocycles. The van der Waals surface area contributed by atoms with Crippen molar-refractivity contribution in [1.82, 2.24) is 9.55 Å². The lowest BCUT2D eigenvalue weighted by atomic mass is 10.5. The molecule has 0 N–H and O–H groups in total. The summed E-state index contributed by atoms with van der Waals surface area (Å²) >= 11 is 0. The fourth-order valence-corrected chi connectivity index (χ4v) is 0.953. The van der Waals surface area contributed by atoms with E-state index in [0.717, 1.165) is 0 Å². The number of hydrogen-bond acceptors (Lipinski definition) is 4. The zero-order valence-corrected chi connectivity index (χ0v) is 7.16. The second-order valence-electron chi connectivity index (χ2n) is 2.13. The third-order valence-corrected chi connectivity index (χ3v) is 1.48. The maximum absolute atomic E-state index is 8.62. The normalized spacial score (nSPS) is 9.17. The Labute approximate surface area is 70.1 Å². The van der Waals surface area contributed by atoms with E-state index in [0.29, 0.717) is 11.9 Å². The van der Waals surface area contributed by atoms with Gasteiger partial charge < -0.3 is 9.47 Å². The van der Waals surface area contributed by atoms with Crippen molar-refractivity contribution in [2.75, 3.05) is 14.2 Å². The summed E-state index contributed by atoms with van der Waals surface area (Å²) in [6.45, 7) is 0. The molecule has 5 nitrogen and oxygen atoms in total. The van der Waals surface area contributed by atoms with E-state index in [9.17, 15) is 0 Å². The molecule has 0 unspecified atom stereocenters. The van der Waals surface area contributed by atoms with Gasteiger partial charge in [0.2, 0.25) is 11.6 Å². The fourth-order valence-electron chi connectivity index (χ4n) is 0.953. The maximum atomic E-state index is 8.62. The summed E-state index contributed by atoms with van der Waals surface area (Å²) in [6, 6.07) is 2.27. The van der Waals surface area contributed by atoms with E-state index in [1.807, 2.05) is 6.07 Å². The Morgan fingerprint density at radius 1 is 1.42 bits per heavy atom. The molecule has 1 rings (SSSR count). The number of imidazole rings is 1. The number of methoxy groups -OCH3 is 2. The molecular formula is C7H9N3O2. The number of rotatable bonds is 2. The van der Waals surface area contributed by atoms with Crippen molar-refractivity contribution in [3.63, 3.8) is 0 Å². The standard InChI is InChI=1S/C7H9N3O2/c1-10-6(11-2)5(4-8)9-7(10)12-3/h1-3H3. The molecule has 0 aliphatic carbocycles. The van der Waals surface area contributed by atoms with Gasteiger partial charge in [-0.15, -0.1) is 0 Å². The Morgan fingerprint density at radius 3 is 2.42 bits per heavy atom. The van der Waals surface area contributed by atoms with Crippen LogP contribution in [0.5, 0.6) is 11.9 Å². The van der Waals surface area contributed by atoms with Crippen LogP contribution >= 0.6 is 0 Å². The molecule has 1 aromatic heterocycles. The Morgan fingerprint density at radius 2 is 2.08 bits per heavy atom. The van der Waals surface area contributed by atoms with Crippen molar-refractivity contribution in [1.29, 1.82) is 5.26 Å². The number of nitrogens with zero attached hydrogens (tertiary/aromatic N) is 3. The van der Waals surface area contributed by atoms with Crippen LogP contribution in [-0.2, 0) is 7.05 Å². The van der Waals surface area contributed by atoms with E-state index in [1.54, 1.807) is 11.6 Å². The molecule has 0 spiro atoms. The summed E-state index contributed by atoms with van der Waals surface area (Å²) in [5.41, 5.74) is 0.233. The van der Waals surface area contributed by atoms with Crippen LogP contribution in [0.25, 0.3) is 0 Å². The predicted octanol–water partition coefficient (Wildman–Crippen LogP) is 0.309. The first-order valence-corrected chi connectivity index (χ1v) is 3.29. The van der Waals surface area contributed by atoms with Gasteiger partial charge in [0.05, 0.1) is 14.2 Å². The molecule has 0 aliphatic rings. The average Bonchev–Trinajstić information content (AvgIpc) is 2.41. The molecule has 12 heavy (non-hydrogen) atoms. The molecule has 1 heterocycles. The zero-order valence-electron chi connectivity index (χ0n) is 7.16. The maximum Gasteiger partial charge on any atom is 0.300 e. The first-order valence-electron chi connectivity index (χ1n) is 3.29. The van der Waals surface area contributed by atoms with Crippen molar-refractivity contribution >= 4 is 0 Å². The molecule has 5 heteroatoms. The highest BCUT2D eigenvalue weighted by Gasteiger charge is 2.14. The van der Waals surface area contributed by atoms with E-state index in [2.05, 4.69) is 4.98 Å². The molecule has 0 fully saturated rings. The van der Waals surface area contributed by atoms with Gasteiger partial charge in [-0.25, -0.2) is 0 Å². The van der Waals surface area contributed by atoms with E-state index in [1.165, 1.54) is 14.2 Å². The van der Waals surface area contributed by atoms with Crippen molar-refractivity contribution in [3.8, 4) is 18.0 Å². The Balaban J connectivity index is 3.25. The smallest absolute Gasteiger partial charge is 0.300 e. The summed E-state index contributed by atoms with van der Waals surface area (Å²) in [5, 5.41) is 8.62. The Kier molecular flexibility index (Phi) is 2.19. The Bertz CT molecular complexity index is 324. The molecule has 0 bridgehead atoms. The highest BCUT2D eigenvalue weighted by molar-refractivity contribution is 5.35. The van der Waals surface area contributed by atoms with Crippen LogP contribution in [-0.4, -0.2) is 23.8 Å². The zero-order chi connectivity index (χ0) is 9.14. The van der Waals surface area contributed by atoms with Gasteiger partial charge >= 0.3 is 0 Å². The summed E-state index contributed by atoms with van der Waals surface area (Å²) in [6.07, 6.45) is 0. The molecular weight excluding hydrogens is 158 g/mol. The van der Waals surface area contributed by atoms with E-state index in [-0.39, 0.29) is 5.69 Å². The van der Waals surface area contributed by atoms with Crippen LogP contribution in [0.1, 0.15) is 5.69 Å². The van der Waals surface area contributed by atoms with Gasteiger partial charge in [-0.3, -0.25) is 4.57 Å². The lowest BCUT2D eigenvalue weighted by molar-refractivity contribution is 0.338. The molecule has 0 aliphatic heterocycles. The largest absolute Gasteiger partial charge is 0.480 e. The van der Waals surface area contributed by atoms with Crippen LogP contribution < -0.4 is 9.47 Å². The molecule has 0 amide bonds. The molecule has 0 aromatic carbocycles. The van der Waals surface area contributed by atoms with Crippen LogP contribution in [0.3, 0.4) is 0 Å². The van der Waals surface area contributed by atoms with Crippen LogP contribution in [0.4, 0.5) is 0 Å². The fraction of sp³-hybridized carbons (Fsp3) is 0.429.